The average Bonchev–Trinajstić information content (AvgIpc) is 2.36. The van der Waals surface area contributed by atoms with Crippen LogP contribution in [0.25, 0.3) is 0 Å². The largest absolute Gasteiger partial charge is 0.387 e. The minimum Gasteiger partial charge on any atom is -0.387 e. The second kappa shape index (κ2) is 7.91. The summed E-state index contributed by atoms with van der Waals surface area (Å²) >= 11 is 7.48. The molecule has 2 unspecified atom stereocenters. The van der Waals surface area contributed by atoms with E-state index in [1.165, 1.54) is 0 Å². The minimum absolute atomic E-state index is 0.0497. The zero-order valence-electron chi connectivity index (χ0n) is 12.1. The number of rotatable bonds is 7. The molecule has 1 aromatic rings. The highest BCUT2D eigenvalue weighted by Gasteiger charge is 2.22. The lowest BCUT2D eigenvalue weighted by molar-refractivity contribution is -0.125. The predicted octanol–water partition coefficient (Wildman–Crippen LogP) is 2.75. The maximum absolute atomic E-state index is 12.0. The fourth-order valence-corrected chi connectivity index (χ4v) is 2.86. The first kappa shape index (κ1) is 17.3. The van der Waals surface area contributed by atoms with Crippen molar-refractivity contribution in [1.82, 2.24) is 5.32 Å². The molecule has 1 amide bonds. The van der Waals surface area contributed by atoms with Gasteiger partial charge in [0.1, 0.15) is 0 Å². The Hall–Kier alpha value is -0.710. The molecular weight excluding hydrogens is 294 g/mol. The zero-order chi connectivity index (χ0) is 15.2. The van der Waals surface area contributed by atoms with E-state index in [0.717, 1.165) is 5.56 Å². The van der Waals surface area contributed by atoms with Crippen molar-refractivity contribution < 1.29 is 9.90 Å². The molecule has 0 bridgehead atoms. The van der Waals surface area contributed by atoms with Crippen LogP contribution in [0.4, 0.5) is 0 Å². The third-order valence-electron chi connectivity index (χ3n) is 2.98. The van der Waals surface area contributed by atoms with Gasteiger partial charge in [-0.25, -0.2) is 0 Å². The van der Waals surface area contributed by atoms with Gasteiger partial charge >= 0.3 is 0 Å². The molecule has 0 saturated carbocycles. The molecule has 20 heavy (non-hydrogen) atoms. The van der Waals surface area contributed by atoms with Crippen molar-refractivity contribution in [3.8, 4) is 0 Å². The Labute approximate surface area is 130 Å². The number of benzene rings is 1. The number of halogens is 1. The van der Waals surface area contributed by atoms with Crippen molar-refractivity contribution in [3.05, 3.63) is 34.9 Å². The monoisotopic (exact) mass is 315 g/mol. The van der Waals surface area contributed by atoms with E-state index in [2.05, 4.69) is 5.32 Å². The van der Waals surface area contributed by atoms with Gasteiger partial charge in [0.25, 0.3) is 0 Å². The predicted molar refractivity (Wildman–Crippen MR) is 86.3 cm³/mol. The number of thioether (sulfide) groups is 1. The van der Waals surface area contributed by atoms with Gasteiger partial charge in [-0.15, -0.1) is 0 Å². The lowest BCUT2D eigenvalue weighted by Crippen LogP contribution is -2.44. The molecule has 0 spiro atoms. The standard InChI is InChI=1S/C15H22ClNO2S/c1-11(7-12-5-4-6-13(16)8-12)14(18)17-9-15(2,19)10-20-3/h4-6,8,11,19H,7,9-10H2,1-3H3,(H,17,18). The van der Waals surface area contributed by atoms with Crippen LogP contribution in [-0.2, 0) is 11.2 Å². The van der Waals surface area contributed by atoms with Crippen molar-refractivity contribution in [2.45, 2.75) is 25.9 Å². The van der Waals surface area contributed by atoms with Gasteiger partial charge in [-0.05, 0) is 37.3 Å². The summed E-state index contributed by atoms with van der Waals surface area (Å²) in [4.78, 5) is 12.0. The molecule has 3 nitrogen and oxygen atoms in total. The Bertz CT molecular complexity index is 451. The summed E-state index contributed by atoms with van der Waals surface area (Å²) in [6.07, 6.45) is 2.56. The molecule has 0 fully saturated rings. The maximum Gasteiger partial charge on any atom is 0.223 e. The summed E-state index contributed by atoms with van der Waals surface area (Å²) in [5.41, 5.74) is 0.168. The molecule has 1 rings (SSSR count). The number of carbonyl (C=O) groups is 1. The van der Waals surface area contributed by atoms with Gasteiger partial charge in [-0.2, -0.15) is 11.8 Å². The fourth-order valence-electron chi connectivity index (χ4n) is 1.92. The van der Waals surface area contributed by atoms with Gasteiger partial charge in [0, 0.05) is 23.2 Å². The van der Waals surface area contributed by atoms with Crippen LogP contribution in [0, 0.1) is 5.92 Å². The summed E-state index contributed by atoms with van der Waals surface area (Å²) in [6, 6.07) is 7.52. The number of aliphatic hydroxyl groups is 1. The molecule has 112 valence electrons. The summed E-state index contributed by atoms with van der Waals surface area (Å²) < 4.78 is 0. The Morgan fingerprint density at radius 2 is 2.25 bits per heavy atom. The van der Waals surface area contributed by atoms with Gasteiger partial charge in [0.15, 0.2) is 0 Å². The number of hydrogen-bond donors (Lipinski definition) is 2. The van der Waals surface area contributed by atoms with Crippen LogP contribution < -0.4 is 5.32 Å². The summed E-state index contributed by atoms with van der Waals surface area (Å²) in [5, 5.41) is 13.5. The van der Waals surface area contributed by atoms with Crippen molar-refractivity contribution in [1.29, 1.82) is 0 Å². The van der Waals surface area contributed by atoms with E-state index in [1.54, 1.807) is 18.7 Å². The van der Waals surface area contributed by atoms with E-state index in [1.807, 2.05) is 37.4 Å². The van der Waals surface area contributed by atoms with Gasteiger partial charge in [0.05, 0.1) is 5.60 Å². The quantitative estimate of drug-likeness (QED) is 0.813. The van der Waals surface area contributed by atoms with E-state index in [0.29, 0.717) is 17.2 Å². The normalized spacial score (nSPS) is 15.4. The van der Waals surface area contributed by atoms with E-state index < -0.39 is 5.60 Å². The Morgan fingerprint density at radius 1 is 1.55 bits per heavy atom. The molecule has 5 heteroatoms. The van der Waals surface area contributed by atoms with Gasteiger partial charge in [-0.3, -0.25) is 4.79 Å². The third-order valence-corrected chi connectivity index (χ3v) is 4.12. The second-order valence-corrected chi connectivity index (χ2v) is 6.69. The van der Waals surface area contributed by atoms with Crippen LogP contribution in [-0.4, -0.2) is 35.2 Å². The van der Waals surface area contributed by atoms with Crippen LogP contribution in [0.3, 0.4) is 0 Å². The lowest BCUT2D eigenvalue weighted by Gasteiger charge is -2.23. The van der Waals surface area contributed by atoms with E-state index >= 15 is 0 Å². The van der Waals surface area contributed by atoms with E-state index in [-0.39, 0.29) is 18.4 Å². The molecule has 0 aliphatic carbocycles. The molecule has 0 aliphatic heterocycles. The average molecular weight is 316 g/mol. The van der Waals surface area contributed by atoms with Gasteiger partial charge in [0.2, 0.25) is 5.91 Å². The summed E-state index contributed by atoms with van der Waals surface area (Å²) in [6.45, 7) is 3.87. The highest BCUT2D eigenvalue weighted by Crippen LogP contribution is 2.15. The Kier molecular flexibility index (Phi) is 6.86. The SMILES string of the molecule is CSCC(C)(O)CNC(=O)C(C)Cc1cccc(Cl)c1. The van der Waals surface area contributed by atoms with Crippen LogP contribution in [0.5, 0.6) is 0 Å². The number of nitrogens with one attached hydrogen (secondary N) is 1. The van der Waals surface area contributed by atoms with Gasteiger partial charge in [-0.1, -0.05) is 30.7 Å². The van der Waals surface area contributed by atoms with Crippen molar-refractivity contribution in [2.24, 2.45) is 5.92 Å². The van der Waals surface area contributed by atoms with Gasteiger partial charge < -0.3 is 10.4 Å². The molecule has 1 aromatic carbocycles. The fraction of sp³-hybridized carbons (Fsp3) is 0.533. The van der Waals surface area contributed by atoms with Crippen molar-refractivity contribution in [2.75, 3.05) is 18.6 Å². The van der Waals surface area contributed by atoms with Crippen LogP contribution in [0.2, 0.25) is 5.02 Å². The molecular formula is C15H22ClNO2S. The van der Waals surface area contributed by atoms with Crippen molar-refractivity contribution in [3.63, 3.8) is 0 Å². The molecule has 2 N–H and O–H groups in total. The molecule has 2 atom stereocenters. The highest BCUT2D eigenvalue weighted by atomic mass is 35.5. The maximum atomic E-state index is 12.0. The first-order chi connectivity index (χ1) is 9.34. The smallest absolute Gasteiger partial charge is 0.223 e. The first-order valence-corrected chi connectivity index (χ1v) is 8.35. The minimum atomic E-state index is -0.870. The summed E-state index contributed by atoms with van der Waals surface area (Å²) in [7, 11) is 0. The number of hydrogen-bond acceptors (Lipinski definition) is 3. The van der Waals surface area contributed by atoms with E-state index in [4.69, 9.17) is 11.6 Å². The lowest BCUT2D eigenvalue weighted by atomic mass is 10.00. The number of amides is 1. The van der Waals surface area contributed by atoms with Crippen LogP contribution >= 0.6 is 23.4 Å². The molecule has 0 saturated heterocycles. The van der Waals surface area contributed by atoms with Crippen LogP contribution in [0.1, 0.15) is 19.4 Å². The first-order valence-electron chi connectivity index (χ1n) is 6.57. The topological polar surface area (TPSA) is 49.3 Å². The van der Waals surface area contributed by atoms with Crippen molar-refractivity contribution >= 4 is 29.3 Å². The van der Waals surface area contributed by atoms with E-state index in [9.17, 15) is 9.90 Å². The molecule has 0 radical (unpaired) electrons. The Morgan fingerprint density at radius 3 is 2.85 bits per heavy atom. The number of carbonyl (C=O) groups excluding carboxylic acids is 1. The third kappa shape index (κ3) is 6.16. The molecule has 0 aromatic heterocycles. The van der Waals surface area contributed by atoms with Crippen LogP contribution in [0.15, 0.2) is 24.3 Å². The molecule has 0 heterocycles. The second-order valence-electron chi connectivity index (χ2n) is 5.38. The summed E-state index contributed by atoms with van der Waals surface area (Å²) in [5.74, 6) is 0.389. The zero-order valence-corrected chi connectivity index (χ0v) is 13.7. The Balaban J connectivity index is 2.47. The molecule has 0 aliphatic rings. The highest BCUT2D eigenvalue weighted by molar-refractivity contribution is 7.98.